The van der Waals surface area contributed by atoms with Crippen LogP contribution in [-0.4, -0.2) is 21.3 Å². The van der Waals surface area contributed by atoms with E-state index in [1.54, 1.807) is 24.3 Å². The molecule has 9 nitrogen and oxygen atoms in total. The molecule has 3 N–H and O–H groups in total. The molecule has 2 aromatic rings. The van der Waals surface area contributed by atoms with Gasteiger partial charge >= 0.3 is 0 Å². The first-order valence-corrected chi connectivity index (χ1v) is 6.83. The van der Waals surface area contributed by atoms with Gasteiger partial charge in [-0.25, -0.2) is 0 Å². The average molecular weight is 330 g/mol. The summed E-state index contributed by atoms with van der Waals surface area (Å²) in [6, 6.07) is 7.73. The van der Waals surface area contributed by atoms with Crippen molar-refractivity contribution in [2.75, 3.05) is 5.32 Å². The van der Waals surface area contributed by atoms with E-state index < -0.39 is 40.1 Å². The normalized spacial score (nSPS) is 10.2. The van der Waals surface area contributed by atoms with E-state index in [4.69, 9.17) is 5.73 Å². The van der Waals surface area contributed by atoms with Gasteiger partial charge in [0.1, 0.15) is 12.1 Å². The van der Waals surface area contributed by atoms with E-state index in [9.17, 15) is 24.5 Å². The van der Waals surface area contributed by atoms with Crippen LogP contribution in [0.2, 0.25) is 0 Å². The van der Waals surface area contributed by atoms with Crippen molar-refractivity contribution >= 4 is 23.2 Å². The van der Waals surface area contributed by atoms with Crippen LogP contribution in [0.3, 0.4) is 0 Å². The molecule has 0 bridgehead atoms. The molecule has 0 fully saturated rings. The SMILES string of the molecule is Cc1ccc(NC(=O)Cn2cc([N+](=O)[O-])cc(C(N)=O)c2=O)cc1. The van der Waals surface area contributed by atoms with Gasteiger partial charge in [-0.3, -0.25) is 29.1 Å². The molecule has 124 valence electrons. The Kier molecular flexibility index (Phi) is 4.73. The van der Waals surface area contributed by atoms with E-state index in [2.05, 4.69) is 5.32 Å². The number of primary amides is 1. The summed E-state index contributed by atoms with van der Waals surface area (Å²) in [6.07, 6.45) is 0.892. The highest BCUT2D eigenvalue weighted by Gasteiger charge is 2.18. The first-order chi connectivity index (χ1) is 11.3. The van der Waals surface area contributed by atoms with Gasteiger partial charge in [0, 0.05) is 11.8 Å². The molecule has 0 saturated heterocycles. The Morgan fingerprint density at radius 3 is 2.46 bits per heavy atom. The Hall–Kier alpha value is -3.49. The van der Waals surface area contributed by atoms with Gasteiger partial charge in [-0.05, 0) is 19.1 Å². The van der Waals surface area contributed by atoms with Crippen molar-refractivity contribution in [3.8, 4) is 0 Å². The molecule has 0 radical (unpaired) electrons. The van der Waals surface area contributed by atoms with Gasteiger partial charge in [0.15, 0.2) is 0 Å². The van der Waals surface area contributed by atoms with Gasteiger partial charge in [0.25, 0.3) is 17.2 Å². The third-order valence-electron chi connectivity index (χ3n) is 3.20. The lowest BCUT2D eigenvalue weighted by atomic mass is 10.2. The number of nitrogens with zero attached hydrogens (tertiary/aromatic N) is 2. The number of carbonyl (C=O) groups excluding carboxylic acids is 2. The number of benzene rings is 1. The fourth-order valence-corrected chi connectivity index (χ4v) is 2.01. The number of nitro groups is 1. The number of rotatable bonds is 5. The van der Waals surface area contributed by atoms with Gasteiger partial charge in [0.2, 0.25) is 5.91 Å². The van der Waals surface area contributed by atoms with Crippen LogP contribution in [0.5, 0.6) is 0 Å². The predicted octanol–water partition coefficient (Wildman–Crippen LogP) is 0.803. The second-order valence-corrected chi connectivity index (χ2v) is 5.08. The number of nitrogens with two attached hydrogens (primary N) is 1. The molecule has 1 aromatic carbocycles. The largest absolute Gasteiger partial charge is 0.365 e. The van der Waals surface area contributed by atoms with Crippen LogP contribution in [0.15, 0.2) is 41.3 Å². The van der Waals surface area contributed by atoms with Gasteiger partial charge in [0.05, 0.1) is 11.1 Å². The van der Waals surface area contributed by atoms with Crippen LogP contribution < -0.4 is 16.6 Å². The predicted molar refractivity (Wildman–Crippen MR) is 85.7 cm³/mol. The highest BCUT2D eigenvalue weighted by atomic mass is 16.6. The van der Waals surface area contributed by atoms with Crippen molar-refractivity contribution in [1.82, 2.24) is 4.57 Å². The molecule has 0 atom stereocenters. The number of hydrogen-bond donors (Lipinski definition) is 2. The summed E-state index contributed by atoms with van der Waals surface area (Å²) in [5, 5.41) is 13.4. The van der Waals surface area contributed by atoms with E-state index in [1.165, 1.54) is 0 Å². The van der Waals surface area contributed by atoms with Crippen LogP contribution >= 0.6 is 0 Å². The lowest BCUT2D eigenvalue weighted by Gasteiger charge is -2.08. The second-order valence-electron chi connectivity index (χ2n) is 5.08. The van der Waals surface area contributed by atoms with Gasteiger partial charge in [-0.15, -0.1) is 0 Å². The molecule has 0 aliphatic heterocycles. The zero-order chi connectivity index (χ0) is 17.9. The Bertz CT molecular complexity index is 870. The monoisotopic (exact) mass is 330 g/mol. The maximum Gasteiger partial charge on any atom is 0.286 e. The molecule has 1 aromatic heterocycles. The van der Waals surface area contributed by atoms with Crippen LogP contribution in [0.4, 0.5) is 11.4 Å². The quantitative estimate of drug-likeness (QED) is 0.617. The molecule has 0 unspecified atom stereocenters. The van der Waals surface area contributed by atoms with Crippen molar-refractivity contribution in [3.63, 3.8) is 0 Å². The van der Waals surface area contributed by atoms with E-state index in [0.29, 0.717) is 5.69 Å². The Labute approximate surface area is 135 Å². The molecule has 0 aliphatic rings. The molecule has 9 heteroatoms. The second kappa shape index (κ2) is 6.73. The fraction of sp³-hybridized carbons (Fsp3) is 0.133. The number of amides is 2. The zero-order valence-corrected chi connectivity index (χ0v) is 12.7. The van der Waals surface area contributed by atoms with Gasteiger partial charge < -0.3 is 11.1 Å². The minimum Gasteiger partial charge on any atom is -0.365 e. The number of nitrogens with one attached hydrogen (secondary N) is 1. The van der Waals surface area contributed by atoms with Crippen molar-refractivity contribution < 1.29 is 14.5 Å². The lowest BCUT2D eigenvalue weighted by molar-refractivity contribution is -0.385. The summed E-state index contributed by atoms with van der Waals surface area (Å²) >= 11 is 0. The first-order valence-electron chi connectivity index (χ1n) is 6.83. The fourth-order valence-electron chi connectivity index (χ4n) is 2.01. The summed E-state index contributed by atoms with van der Waals surface area (Å²) < 4.78 is 0.780. The maximum atomic E-state index is 12.1. The van der Waals surface area contributed by atoms with E-state index >= 15 is 0 Å². The summed E-state index contributed by atoms with van der Waals surface area (Å²) in [4.78, 5) is 45.5. The lowest BCUT2D eigenvalue weighted by Crippen LogP contribution is -2.33. The number of aromatic nitrogens is 1. The average Bonchev–Trinajstić information content (AvgIpc) is 2.51. The molecular formula is C15H14N4O5. The van der Waals surface area contributed by atoms with E-state index in [-0.39, 0.29) is 0 Å². The Morgan fingerprint density at radius 1 is 1.29 bits per heavy atom. The Balaban J connectivity index is 2.29. The standard InChI is InChI=1S/C15H14N4O5/c1-9-2-4-10(5-3-9)17-13(20)8-18-7-11(19(23)24)6-12(14(16)21)15(18)22/h2-7H,8H2,1H3,(H2,16,21)(H,17,20). The number of anilines is 1. The molecule has 0 spiro atoms. The molecule has 2 rings (SSSR count). The molecule has 1 heterocycles. The molecular weight excluding hydrogens is 316 g/mol. The summed E-state index contributed by atoms with van der Waals surface area (Å²) in [5.41, 5.74) is 4.64. The minimum atomic E-state index is -1.10. The maximum absolute atomic E-state index is 12.1. The molecule has 0 aliphatic carbocycles. The van der Waals surface area contributed by atoms with Crippen LogP contribution in [-0.2, 0) is 11.3 Å². The third kappa shape index (κ3) is 3.83. The van der Waals surface area contributed by atoms with Crippen LogP contribution in [0.25, 0.3) is 0 Å². The minimum absolute atomic E-state index is 0.491. The van der Waals surface area contributed by atoms with Crippen molar-refractivity contribution in [1.29, 1.82) is 0 Å². The van der Waals surface area contributed by atoms with Crippen LogP contribution in [0, 0.1) is 17.0 Å². The Morgan fingerprint density at radius 2 is 1.92 bits per heavy atom. The number of aryl methyl sites for hydroxylation is 1. The highest BCUT2D eigenvalue weighted by molar-refractivity contribution is 5.93. The highest BCUT2D eigenvalue weighted by Crippen LogP contribution is 2.11. The summed E-state index contributed by atoms with van der Waals surface area (Å²) in [7, 11) is 0. The number of pyridine rings is 1. The molecule has 24 heavy (non-hydrogen) atoms. The van der Waals surface area contributed by atoms with Gasteiger partial charge in [-0.2, -0.15) is 0 Å². The topological polar surface area (TPSA) is 137 Å². The number of carbonyl (C=O) groups is 2. The van der Waals surface area contributed by atoms with E-state index in [1.807, 2.05) is 6.92 Å². The van der Waals surface area contributed by atoms with Crippen molar-refractivity contribution in [2.24, 2.45) is 5.73 Å². The number of hydrogen-bond acceptors (Lipinski definition) is 5. The van der Waals surface area contributed by atoms with E-state index in [0.717, 1.165) is 22.4 Å². The summed E-state index contributed by atoms with van der Waals surface area (Å²) in [5.74, 6) is -1.67. The summed E-state index contributed by atoms with van der Waals surface area (Å²) in [6.45, 7) is 1.40. The zero-order valence-electron chi connectivity index (χ0n) is 12.7. The van der Waals surface area contributed by atoms with Crippen LogP contribution in [0.1, 0.15) is 15.9 Å². The third-order valence-corrected chi connectivity index (χ3v) is 3.20. The molecule has 2 amide bonds. The van der Waals surface area contributed by atoms with Crippen molar-refractivity contribution in [2.45, 2.75) is 13.5 Å². The smallest absolute Gasteiger partial charge is 0.286 e. The first kappa shape index (κ1) is 16.9. The van der Waals surface area contributed by atoms with Crippen molar-refractivity contribution in [3.05, 3.63) is 68.1 Å². The van der Waals surface area contributed by atoms with Gasteiger partial charge in [-0.1, -0.05) is 17.7 Å². The molecule has 0 saturated carbocycles.